The van der Waals surface area contributed by atoms with E-state index in [1.165, 1.54) is 19.1 Å². The SMILES string of the molecule is C[C@H](O)C(=O)NS(=O)(=O)c1ccccc1-c1ccc(CNCCNC(=O)[C@@H](CS)Cc2ccccc2)cc1Cl. The van der Waals surface area contributed by atoms with Crippen LogP contribution in [0.25, 0.3) is 11.1 Å². The zero-order valence-electron chi connectivity index (χ0n) is 21.4. The summed E-state index contributed by atoms with van der Waals surface area (Å²) in [7, 11) is -4.23. The Morgan fingerprint density at radius 2 is 1.62 bits per heavy atom. The third-order valence-electron chi connectivity index (χ3n) is 5.96. The Balaban J connectivity index is 1.57. The van der Waals surface area contributed by atoms with Gasteiger partial charge in [0.05, 0.1) is 10.8 Å². The fraction of sp³-hybridized carbons (Fsp3) is 0.286. The van der Waals surface area contributed by atoms with Gasteiger partial charge in [-0.25, -0.2) is 13.1 Å². The number of nitrogens with one attached hydrogen (secondary N) is 3. The van der Waals surface area contributed by atoms with Gasteiger partial charge in [-0.1, -0.05) is 72.3 Å². The number of aliphatic hydroxyl groups excluding tert-OH is 1. The van der Waals surface area contributed by atoms with Crippen LogP contribution in [0.5, 0.6) is 0 Å². The minimum atomic E-state index is -4.23. The monoisotopic (exact) mass is 589 g/mol. The van der Waals surface area contributed by atoms with E-state index >= 15 is 0 Å². The normalized spacial score (nSPS) is 12.9. The van der Waals surface area contributed by atoms with Gasteiger partial charge in [-0.2, -0.15) is 12.6 Å². The lowest BCUT2D eigenvalue weighted by atomic mass is 10.0. The van der Waals surface area contributed by atoms with Crippen molar-refractivity contribution >= 4 is 46.1 Å². The highest BCUT2D eigenvalue weighted by atomic mass is 35.5. The summed E-state index contributed by atoms with van der Waals surface area (Å²) in [6, 6.07) is 21.3. The van der Waals surface area contributed by atoms with Crippen molar-refractivity contribution in [2.45, 2.75) is 30.9 Å². The molecule has 0 spiro atoms. The van der Waals surface area contributed by atoms with Crippen molar-refractivity contribution in [1.82, 2.24) is 15.4 Å². The Morgan fingerprint density at radius 1 is 0.923 bits per heavy atom. The maximum absolute atomic E-state index is 12.8. The molecule has 2 atom stereocenters. The summed E-state index contributed by atoms with van der Waals surface area (Å²) in [5, 5.41) is 15.9. The molecular weight excluding hydrogens is 558 g/mol. The molecule has 208 valence electrons. The van der Waals surface area contributed by atoms with E-state index in [2.05, 4.69) is 23.3 Å². The number of thiol groups is 1. The molecule has 3 aromatic carbocycles. The quantitative estimate of drug-likeness (QED) is 0.154. The Kier molecular flexibility index (Phi) is 11.4. The lowest BCUT2D eigenvalue weighted by Crippen LogP contribution is -2.37. The van der Waals surface area contributed by atoms with Crippen molar-refractivity contribution in [2.75, 3.05) is 18.8 Å². The molecule has 0 aliphatic rings. The highest BCUT2D eigenvalue weighted by Gasteiger charge is 2.24. The van der Waals surface area contributed by atoms with E-state index in [4.69, 9.17) is 11.6 Å². The van der Waals surface area contributed by atoms with Crippen molar-refractivity contribution in [3.8, 4) is 11.1 Å². The van der Waals surface area contributed by atoms with Gasteiger partial charge in [-0.15, -0.1) is 0 Å². The van der Waals surface area contributed by atoms with Crippen molar-refractivity contribution in [1.29, 1.82) is 0 Å². The van der Waals surface area contributed by atoms with Crippen LogP contribution in [0.4, 0.5) is 0 Å². The number of halogens is 1. The second-order valence-electron chi connectivity index (χ2n) is 8.99. The zero-order chi connectivity index (χ0) is 28.4. The first-order valence-electron chi connectivity index (χ1n) is 12.4. The fourth-order valence-electron chi connectivity index (χ4n) is 3.87. The van der Waals surface area contributed by atoms with E-state index in [0.29, 0.717) is 48.0 Å². The predicted octanol–water partition coefficient (Wildman–Crippen LogP) is 3.19. The fourth-order valence-corrected chi connectivity index (χ4v) is 5.74. The van der Waals surface area contributed by atoms with Crippen LogP contribution in [0.2, 0.25) is 5.02 Å². The average molecular weight is 590 g/mol. The highest BCUT2D eigenvalue weighted by Crippen LogP contribution is 2.33. The van der Waals surface area contributed by atoms with E-state index in [-0.39, 0.29) is 16.7 Å². The number of hydrogen-bond acceptors (Lipinski definition) is 7. The molecule has 0 aliphatic heterocycles. The third kappa shape index (κ3) is 8.81. The van der Waals surface area contributed by atoms with Crippen LogP contribution in [0.15, 0.2) is 77.7 Å². The van der Waals surface area contributed by atoms with E-state index in [1.54, 1.807) is 24.3 Å². The Labute approximate surface area is 239 Å². The van der Waals surface area contributed by atoms with E-state index < -0.39 is 22.0 Å². The van der Waals surface area contributed by atoms with Crippen LogP contribution in [0.3, 0.4) is 0 Å². The predicted molar refractivity (Wildman–Crippen MR) is 156 cm³/mol. The summed E-state index contributed by atoms with van der Waals surface area (Å²) in [6.07, 6.45) is -0.847. The zero-order valence-corrected chi connectivity index (χ0v) is 23.9. The maximum Gasteiger partial charge on any atom is 0.264 e. The standard InChI is InChI=1S/C28H32ClN3O5S2/c1-19(33)27(34)32-39(36,37)26-10-6-5-9-24(26)23-12-11-21(16-25(23)29)17-30-13-14-31-28(35)22(18-38)15-20-7-3-2-4-8-20/h2-12,16,19,22,30,33,38H,13-15,17-18H2,1H3,(H,31,35)(H,32,34)/t19-,22+/m0/s1. The smallest absolute Gasteiger partial charge is 0.264 e. The summed E-state index contributed by atoms with van der Waals surface area (Å²) in [5.74, 6) is -0.822. The summed E-state index contributed by atoms with van der Waals surface area (Å²) in [5.41, 5.74) is 2.77. The second kappa shape index (κ2) is 14.5. The molecule has 8 nitrogen and oxygen atoms in total. The molecule has 11 heteroatoms. The Hall–Kier alpha value is -2.89. The van der Waals surface area contributed by atoms with Crippen molar-refractivity contribution < 1.29 is 23.1 Å². The average Bonchev–Trinajstić information content (AvgIpc) is 2.91. The molecule has 0 radical (unpaired) electrons. The van der Waals surface area contributed by atoms with Gasteiger partial charge in [-0.05, 0) is 36.6 Å². The molecule has 0 aromatic heterocycles. The van der Waals surface area contributed by atoms with Gasteiger partial charge in [0, 0.05) is 41.5 Å². The lowest BCUT2D eigenvalue weighted by Gasteiger charge is -2.15. The van der Waals surface area contributed by atoms with E-state index in [1.807, 2.05) is 41.1 Å². The number of hydrogen-bond donors (Lipinski definition) is 5. The number of aliphatic hydroxyl groups is 1. The van der Waals surface area contributed by atoms with Gasteiger partial charge in [0.1, 0.15) is 6.10 Å². The van der Waals surface area contributed by atoms with Gasteiger partial charge in [0.2, 0.25) is 5.91 Å². The molecular formula is C28H32ClN3O5S2. The van der Waals surface area contributed by atoms with Crippen LogP contribution >= 0.6 is 24.2 Å². The minimum Gasteiger partial charge on any atom is -0.384 e. The molecule has 0 heterocycles. The van der Waals surface area contributed by atoms with Crippen LogP contribution < -0.4 is 15.4 Å². The topological polar surface area (TPSA) is 125 Å². The Bertz CT molecular complexity index is 1380. The maximum atomic E-state index is 12.8. The number of amides is 2. The highest BCUT2D eigenvalue weighted by molar-refractivity contribution is 7.90. The molecule has 0 saturated carbocycles. The molecule has 3 aromatic rings. The van der Waals surface area contributed by atoms with E-state index in [0.717, 1.165) is 11.1 Å². The summed E-state index contributed by atoms with van der Waals surface area (Å²) >= 11 is 10.9. The van der Waals surface area contributed by atoms with Gasteiger partial charge in [0.25, 0.3) is 15.9 Å². The first-order chi connectivity index (χ1) is 18.6. The number of benzene rings is 3. The number of sulfonamides is 1. The van der Waals surface area contributed by atoms with Gasteiger partial charge in [-0.3, -0.25) is 9.59 Å². The number of rotatable bonds is 13. The van der Waals surface area contributed by atoms with Gasteiger partial charge >= 0.3 is 0 Å². The van der Waals surface area contributed by atoms with Crippen molar-refractivity contribution in [3.63, 3.8) is 0 Å². The van der Waals surface area contributed by atoms with Gasteiger partial charge in [0.15, 0.2) is 0 Å². The summed E-state index contributed by atoms with van der Waals surface area (Å²) in [6.45, 7) is 2.66. The number of carbonyl (C=O) groups is 2. The molecule has 0 aliphatic carbocycles. The van der Waals surface area contributed by atoms with Crippen molar-refractivity contribution in [2.24, 2.45) is 5.92 Å². The van der Waals surface area contributed by atoms with E-state index in [9.17, 15) is 23.1 Å². The molecule has 0 fully saturated rings. The molecule has 0 bridgehead atoms. The number of carbonyl (C=O) groups excluding carboxylic acids is 2. The minimum absolute atomic E-state index is 0.0405. The summed E-state index contributed by atoms with van der Waals surface area (Å²) < 4.78 is 27.5. The van der Waals surface area contributed by atoms with Crippen LogP contribution in [0, 0.1) is 5.92 Å². The molecule has 39 heavy (non-hydrogen) atoms. The molecule has 0 saturated heterocycles. The molecule has 2 amide bonds. The van der Waals surface area contributed by atoms with Crippen LogP contribution in [-0.2, 0) is 32.6 Å². The first-order valence-corrected chi connectivity index (χ1v) is 14.9. The molecule has 4 N–H and O–H groups in total. The molecule has 3 rings (SSSR count). The Morgan fingerprint density at radius 3 is 2.28 bits per heavy atom. The lowest BCUT2D eigenvalue weighted by molar-refractivity contribution is -0.126. The second-order valence-corrected chi connectivity index (χ2v) is 11.4. The van der Waals surface area contributed by atoms with Crippen LogP contribution in [-0.4, -0.2) is 50.3 Å². The largest absolute Gasteiger partial charge is 0.384 e. The third-order valence-corrected chi connectivity index (χ3v) is 8.12. The van der Waals surface area contributed by atoms with Crippen LogP contribution in [0.1, 0.15) is 18.1 Å². The van der Waals surface area contributed by atoms with Crippen molar-refractivity contribution in [3.05, 3.63) is 88.9 Å². The summed E-state index contributed by atoms with van der Waals surface area (Å²) in [4.78, 5) is 24.2. The van der Waals surface area contributed by atoms with Gasteiger partial charge < -0.3 is 15.7 Å². The first kappa shape index (κ1) is 30.6. The molecule has 0 unspecified atom stereocenters.